The molecule has 2 aliphatic rings. The van der Waals surface area contributed by atoms with E-state index in [1.54, 1.807) is 4.90 Å². The molecular formula is C17H22N2O2. The van der Waals surface area contributed by atoms with Gasteiger partial charge in [0.1, 0.15) is 6.04 Å². The molecule has 0 aromatic heterocycles. The lowest BCUT2D eigenvalue weighted by molar-refractivity contribution is -0.145. The summed E-state index contributed by atoms with van der Waals surface area (Å²) in [6, 6.07) is 8.95. The number of carbonyl (C=O) groups is 2. The van der Waals surface area contributed by atoms with Crippen molar-refractivity contribution in [1.82, 2.24) is 10.2 Å². The monoisotopic (exact) mass is 286 g/mol. The van der Waals surface area contributed by atoms with E-state index in [-0.39, 0.29) is 23.8 Å². The van der Waals surface area contributed by atoms with Gasteiger partial charge >= 0.3 is 0 Å². The first-order valence-electron chi connectivity index (χ1n) is 7.65. The van der Waals surface area contributed by atoms with E-state index in [1.807, 2.05) is 30.3 Å². The zero-order valence-corrected chi connectivity index (χ0v) is 12.6. The fourth-order valence-corrected chi connectivity index (χ4v) is 3.17. The Hall–Kier alpha value is -1.84. The zero-order chi connectivity index (χ0) is 15.0. The molecule has 1 unspecified atom stereocenters. The average molecular weight is 286 g/mol. The first-order chi connectivity index (χ1) is 10.0. The van der Waals surface area contributed by atoms with Crippen LogP contribution in [0.25, 0.3) is 0 Å². The van der Waals surface area contributed by atoms with Crippen molar-refractivity contribution >= 4 is 11.8 Å². The van der Waals surface area contributed by atoms with E-state index < -0.39 is 6.04 Å². The van der Waals surface area contributed by atoms with Crippen LogP contribution in [0.4, 0.5) is 0 Å². The third kappa shape index (κ3) is 2.67. The second-order valence-corrected chi connectivity index (χ2v) is 6.62. The average Bonchev–Trinajstić information content (AvgIpc) is 3.24. The Morgan fingerprint density at radius 3 is 2.48 bits per heavy atom. The van der Waals surface area contributed by atoms with Crippen molar-refractivity contribution in [2.24, 2.45) is 11.3 Å². The molecule has 1 saturated carbocycles. The maximum Gasteiger partial charge on any atom is 0.250 e. The first kappa shape index (κ1) is 14.1. The van der Waals surface area contributed by atoms with Gasteiger partial charge < -0.3 is 10.2 Å². The zero-order valence-electron chi connectivity index (χ0n) is 12.6. The number of amides is 2. The van der Waals surface area contributed by atoms with Crippen LogP contribution in [-0.2, 0) is 9.59 Å². The van der Waals surface area contributed by atoms with Crippen molar-refractivity contribution in [2.45, 2.75) is 32.7 Å². The summed E-state index contributed by atoms with van der Waals surface area (Å²) in [7, 11) is 0. The standard InChI is InChI=1S/C17H22N2O2/c1-12(2)17(8-9-17)11-19-10-14(20)18-15(16(19)21)13-6-4-3-5-7-13/h3-7,12,15H,8-11H2,1-2H3,(H,18,20). The van der Waals surface area contributed by atoms with Crippen molar-refractivity contribution in [1.29, 1.82) is 0 Å². The Kier molecular flexibility index (Phi) is 3.47. The van der Waals surface area contributed by atoms with Gasteiger partial charge in [-0.2, -0.15) is 0 Å². The van der Waals surface area contributed by atoms with Crippen LogP contribution in [0.1, 0.15) is 38.3 Å². The van der Waals surface area contributed by atoms with Crippen molar-refractivity contribution in [3.8, 4) is 0 Å². The van der Waals surface area contributed by atoms with Gasteiger partial charge in [0.2, 0.25) is 11.8 Å². The summed E-state index contributed by atoms with van der Waals surface area (Å²) < 4.78 is 0. The van der Waals surface area contributed by atoms with E-state index in [2.05, 4.69) is 19.2 Å². The molecule has 1 aromatic rings. The molecule has 2 amide bonds. The normalized spacial score (nSPS) is 24.1. The summed E-state index contributed by atoms with van der Waals surface area (Å²) in [6.45, 7) is 5.31. The molecule has 1 aliphatic heterocycles. The predicted octanol–water partition coefficient (Wildman–Crippen LogP) is 2.12. The van der Waals surface area contributed by atoms with E-state index in [0.29, 0.717) is 12.5 Å². The van der Waals surface area contributed by atoms with E-state index in [0.717, 1.165) is 18.4 Å². The third-order valence-electron chi connectivity index (χ3n) is 4.95. The van der Waals surface area contributed by atoms with Gasteiger partial charge in [0.05, 0.1) is 6.54 Å². The van der Waals surface area contributed by atoms with E-state index in [9.17, 15) is 9.59 Å². The number of benzene rings is 1. The largest absolute Gasteiger partial charge is 0.339 e. The highest BCUT2D eigenvalue weighted by atomic mass is 16.2. The van der Waals surface area contributed by atoms with Gasteiger partial charge in [-0.25, -0.2) is 0 Å². The number of hydrogen-bond acceptors (Lipinski definition) is 2. The number of nitrogens with one attached hydrogen (secondary N) is 1. The predicted molar refractivity (Wildman–Crippen MR) is 80.4 cm³/mol. The molecule has 4 heteroatoms. The summed E-state index contributed by atoms with van der Waals surface area (Å²) in [5, 5.41) is 2.82. The highest BCUT2D eigenvalue weighted by Crippen LogP contribution is 2.52. The summed E-state index contributed by atoms with van der Waals surface area (Å²) in [6.07, 6.45) is 2.32. The van der Waals surface area contributed by atoms with Gasteiger partial charge in [0.15, 0.2) is 0 Å². The topological polar surface area (TPSA) is 49.4 Å². The molecule has 1 atom stereocenters. The first-order valence-corrected chi connectivity index (χ1v) is 7.65. The number of hydrogen-bond donors (Lipinski definition) is 1. The molecule has 21 heavy (non-hydrogen) atoms. The maximum absolute atomic E-state index is 12.7. The third-order valence-corrected chi connectivity index (χ3v) is 4.95. The lowest BCUT2D eigenvalue weighted by Crippen LogP contribution is -2.55. The molecule has 1 N–H and O–H groups in total. The molecule has 1 saturated heterocycles. The van der Waals surface area contributed by atoms with E-state index >= 15 is 0 Å². The van der Waals surface area contributed by atoms with Crippen LogP contribution in [0.3, 0.4) is 0 Å². The lowest BCUT2D eigenvalue weighted by atomic mass is 9.91. The van der Waals surface area contributed by atoms with Crippen LogP contribution in [0.2, 0.25) is 0 Å². The summed E-state index contributed by atoms with van der Waals surface area (Å²) in [5.41, 5.74) is 1.09. The number of carbonyl (C=O) groups excluding carboxylic acids is 2. The molecule has 1 aliphatic carbocycles. The molecule has 0 bridgehead atoms. The minimum Gasteiger partial charge on any atom is -0.339 e. The van der Waals surface area contributed by atoms with Crippen molar-refractivity contribution < 1.29 is 9.59 Å². The van der Waals surface area contributed by atoms with Gasteiger partial charge in [0.25, 0.3) is 0 Å². The second-order valence-electron chi connectivity index (χ2n) is 6.62. The Morgan fingerprint density at radius 2 is 1.90 bits per heavy atom. The van der Waals surface area contributed by atoms with Gasteiger partial charge in [-0.05, 0) is 29.7 Å². The second kappa shape index (κ2) is 5.17. The summed E-state index contributed by atoms with van der Waals surface area (Å²) >= 11 is 0. The Labute approximate surface area is 125 Å². The minimum absolute atomic E-state index is 0.0210. The smallest absolute Gasteiger partial charge is 0.250 e. The number of rotatable bonds is 4. The van der Waals surface area contributed by atoms with Gasteiger partial charge in [-0.3, -0.25) is 9.59 Å². The number of piperazine rings is 1. The molecule has 1 aromatic carbocycles. The molecule has 1 heterocycles. The van der Waals surface area contributed by atoms with Crippen LogP contribution < -0.4 is 5.32 Å². The summed E-state index contributed by atoms with van der Waals surface area (Å²) in [5.74, 6) is 0.501. The SMILES string of the molecule is CC(C)C1(CN2CC(=O)NC(c3ccccc3)C2=O)CC1. The summed E-state index contributed by atoms with van der Waals surface area (Å²) in [4.78, 5) is 26.4. The Bertz CT molecular complexity index is 549. The fraction of sp³-hybridized carbons (Fsp3) is 0.529. The van der Waals surface area contributed by atoms with Crippen LogP contribution in [0, 0.1) is 11.3 Å². The van der Waals surface area contributed by atoms with Gasteiger partial charge in [0, 0.05) is 6.54 Å². The van der Waals surface area contributed by atoms with Gasteiger partial charge in [-0.1, -0.05) is 44.2 Å². The fourth-order valence-electron chi connectivity index (χ4n) is 3.17. The molecule has 112 valence electrons. The van der Waals surface area contributed by atoms with Crippen LogP contribution >= 0.6 is 0 Å². The molecule has 0 radical (unpaired) electrons. The molecule has 3 rings (SSSR count). The van der Waals surface area contributed by atoms with Crippen LogP contribution in [0.5, 0.6) is 0 Å². The molecule has 4 nitrogen and oxygen atoms in total. The molecule has 2 fully saturated rings. The van der Waals surface area contributed by atoms with Crippen molar-refractivity contribution in [3.05, 3.63) is 35.9 Å². The Balaban J connectivity index is 1.79. The van der Waals surface area contributed by atoms with E-state index in [4.69, 9.17) is 0 Å². The molecular weight excluding hydrogens is 264 g/mol. The quantitative estimate of drug-likeness (QED) is 0.921. The van der Waals surface area contributed by atoms with Crippen molar-refractivity contribution in [3.63, 3.8) is 0 Å². The Morgan fingerprint density at radius 1 is 1.24 bits per heavy atom. The maximum atomic E-state index is 12.7. The molecule has 0 spiro atoms. The highest BCUT2D eigenvalue weighted by molar-refractivity contribution is 5.95. The van der Waals surface area contributed by atoms with Crippen LogP contribution in [0.15, 0.2) is 30.3 Å². The minimum atomic E-state index is -0.532. The van der Waals surface area contributed by atoms with Crippen molar-refractivity contribution in [2.75, 3.05) is 13.1 Å². The van der Waals surface area contributed by atoms with Crippen LogP contribution in [-0.4, -0.2) is 29.8 Å². The highest BCUT2D eigenvalue weighted by Gasteiger charge is 2.48. The number of nitrogens with zero attached hydrogens (tertiary/aromatic N) is 1. The van der Waals surface area contributed by atoms with E-state index in [1.165, 1.54) is 0 Å². The lowest BCUT2D eigenvalue weighted by Gasteiger charge is -2.36. The van der Waals surface area contributed by atoms with Gasteiger partial charge in [-0.15, -0.1) is 0 Å².